The predicted molar refractivity (Wildman–Crippen MR) is 73.0 cm³/mol. The van der Waals surface area contributed by atoms with Crippen LogP contribution in [0.25, 0.3) is 0 Å². The Hall–Kier alpha value is -1.88. The van der Waals surface area contributed by atoms with Crippen molar-refractivity contribution in [1.82, 2.24) is 0 Å². The highest BCUT2D eigenvalue weighted by Crippen LogP contribution is 2.28. The molecule has 1 heterocycles. The predicted octanol–water partition coefficient (Wildman–Crippen LogP) is 1.11. The SMILES string of the molecule is CC(=O)OC[C@H]1O[C@@H](OCC(F)(F)F)C[C@@H](OC(C)=O)[C@@H]1OC(C)=O. The van der Waals surface area contributed by atoms with E-state index in [2.05, 4.69) is 4.74 Å². The molecular weight excluding hydrogens is 353 g/mol. The number of alkyl halides is 3. The van der Waals surface area contributed by atoms with Gasteiger partial charge in [-0.2, -0.15) is 13.2 Å². The molecule has 1 fully saturated rings. The Labute approximate surface area is 141 Å². The molecule has 0 amide bonds. The Morgan fingerprint density at radius 2 is 1.64 bits per heavy atom. The van der Waals surface area contributed by atoms with E-state index in [0.717, 1.165) is 20.8 Å². The number of carbonyl (C=O) groups excluding carboxylic acids is 3. The van der Waals surface area contributed by atoms with E-state index >= 15 is 0 Å². The minimum absolute atomic E-state index is 0.288. The van der Waals surface area contributed by atoms with Gasteiger partial charge in [0.15, 0.2) is 12.4 Å². The molecule has 144 valence electrons. The topological polar surface area (TPSA) is 97.4 Å². The van der Waals surface area contributed by atoms with Gasteiger partial charge in [0.1, 0.15) is 25.4 Å². The highest BCUT2D eigenvalue weighted by atomic mass is 19.4. The molecular formula is C14H19F3O8. The van der Waals surface area contributed by atoms with Crippen molar-refractivity contribution in [2.75, 3.05) is 13.2 Å². The third-order valence-electron chi connectivity index (χ3n) is 2.99. The summed E-state index contributed by atoms with van der Waals surface area (Å²) in [6, 6.07) is 0. The summed E-state index contributed by atoms with van der Waals surface area (Å²) in [4.78, 5) is 33.5. The largest absolute Gasteiger partial charge is 0.463 e. The molecule has 0 radical (unpaired) electrons. The minimum atomic E-state index is -4.58. The first-order chi connectivity index (χ1) is 11.5. The average Bonchev–Trinajstić information content (AvgIpc) is 2.43. The fourth-order valence-electron chi connectivity index (χ4n) is 2.19. The highest BCUT2D eigenvalue weighted by Gasteiger charge is 2.45. The molecule has 0 aliphatic carbocycles. The first-order valence-electron chi connectivity index (χ1n) is 7.29. The van der Waals surface area contributed by atoms with Crippen LogP contribution in [-0.4, -0.2) is 61.9 Å². The Kier molecular flexibility index (Phi) is 7.61. The second-order valence-electron chi connectivity index (χ2n) is 5.29. The van der Waals surface area contributed by atoms with E-state index in [1.165, 1.54) is 0 Å². The third kappa shape index (κ3) is 8.16. The number of hydrogen-bond acceptors (Lipinski definition) is 8. The summed E-state index contributed by atoms with van der Waals surface area (Å²) in [5.74, 6) is -2.13. The maximum Gasteiger partial charge on any atom is 0.411 e. The van der Waals surface area contributed by atoms with Crippen LogP contribution in [0.1, 0.15) is 27.2 Å². The van der Waals surface area contributed by atoms with Crippen molar-refractivity contribution in [3.63, 3.8) is 0 Å². The van der Waals surface area contributed by atoms with Crippen LogP contribution in [0.4, 0.5) is 13.2 Å². The summed E-state index contributed by atoms with van der Waals surface area (Å²) in [6.45, 7) is 1.30. The van der Waals surface area contributed by atoms with Gasteiger partial charge in [-0.15, -0.1) is 0 Å². The van der Waals surface area contributed by atoms with E-state index in [4.69, 9.17) is 18.9 Å². The van der Waals surface area contributed by atoms with Gasteiger partial charge >= 0.3 is 24.1 Å². The molecule has 1 rings (SSSR count). The van der Waals surface area contributed by atoms with Crippen molar-refractivity contribution in [2.45, 2.75) is 58.0 Å². The van der Waals surface area contributed by atoms with Crippen molar-refractivity contribution in [3.8, 4) is 0 Å². The maximum absolute atomic E-state index is 12.3. The number of halogens is 3. The molecule has 11 heteroatoms. The molecule has 0 N–H and O–H groups in total. The molecule has 4 atom stereocenters. The zero-order valence-corrected chi connectivity index (χ0v) is 13.8. The molecule has 1 saturated heterocycles. The summed E-state index contributed by atoms with van der Waals surface area (Å²) in [5, 5.41) is 0. The molecule has 0 spiro atoms. The lowest BCUT2D eigenvalue weighted by molar-refractivity contribution is -0.289. The van der Waals surface area contributed by atoms with Crippen LogP contribution in [0, 0.1) is 0 Å². The fourth-order valence-corrected chi connectivity index (χ4v) is 2.19. The van der Waals surface area contributed by atoms with Crippen molar-refractivity contribution >= 4 is 17.9 Å². The van der Waals surface area contributed by atoms with Crippen molar-refractivity contribution in [3.05, 3.63) is 0 Å². The number of esters is 3. The van der Waals surface area contributed by atoms with Crippen LogP contribution < -0.4 is 0 Å². The quantitative estimate of drug-likeness (QED) is 0.505. The van der Waals surface area contributed by atoms with E-state index in [-0.39, 0.29) is 6.42 Å². The van der Waals surface area contributed by atoms with E-state index in [9.17, 15) is 27.6 Å². The Morgan fingerprint density at radius 3 is 2.12 bits per heavy atom. The fraction of sp³-hybridized carbons (Fsp3) is 0.786. The number of carbonyl (C=O) groups is 3. The molecule has 0 aromatic heterocycles. The lowest BCUT2D eigenvalue weighted by atomic mass is 10.0. The van der Waals surface area contributed by atoms with Crippen molar-refractivity contribution in [1.29, 1.82) is 0 Å². The first kappa shape index (κ1) is 21.2. The van der Waals surface area contributed by atoms with Gasteiger partial charge in [-0.25, -0.2) is 0 Å². The van der Waals surface area contributed by atoms with Gasteiger partial charge in [0.25, 0.3) is 0 Å². The third-order valence-corrected chi connectivity index (χ3v) is 2.99. The monoisotopic (exact) mass is 372 g/mol. The van der Waals surface area contributed by atoms with E-state index in [1.807, 2.05) is 0 Å². The summed E-state index contributed by atoms with van der Waals surface area (Å²) in [5.41, 5.74) is 0. The average molecular weight is 372 g/mol. The van der Waals surface area contributed by atoms with Gasteiger partial charge in [0.05, 0.1) is 0 Å². The van der Waals surface area contributed by atoms with Crippen molar-refractivity contribution in [2.24, 2.45) is 0 Å². The first-order valence-corrected chi connectivity index (χ1v) is 7.29. The van der Waals surface area contributed by atoms with E-state index < -0.39 is 61.9 Å². The molecule has 1 aliphatic rings. The maximum atomic E-state index is 12.3. The summed E-state index contributed by atoms with van der Waals surface area (Å²) < 4.78 is 61.7. The number of rotatable bonds is 6. The molecule has 8 nitrogen and oxygen atoms in total. The van der Waals surface area contributed by atoms with Crippen LogP contribution in [0.2, 0.25) is 0 Å². The molecule has 1 aliphatic heterocycles. The second kappa shape index (κ2) is 8.99. The molecule has 25 heavy (non-hydrogen) atoms. The molecule has 0 aromatic rings. The minimum Gasteiger partial charge on any atom is -0.463 e. The lowest BCUT2D eigenvalue weighted by Gasteiger charge is -2.39. The van der Waals surface area contributed by atoms with E-state index in [0.29, 0.717) is 0 Å². The van der Waals surface area contributed by atoms with Crippen LogP contribution in [0.3, 0.4) is 0 Å². The van der Waals surface area contributed by atoms with Crippen molar-refractivity contribution < 1.29 is 51.2 Å². The molecule has 0 aromatic carbocycles. The standard InChI is InChI=1S/C14H19F3O8/c1-7(18)21-5-11-13(24-9(3)20)10(23-8(2)19)4-12(25-11)22-6-14(15,16)17/h10-13H,4-6H2,1-3H3/t10-,11-,12-,13+/m1/s1. The zero-order chi connectivity index (χ0) is 19.2. The van der Waals surface area contributed by atoms with Gasteiger partial charge in [-0.3, -0.25) is 14.4 Å². The molecule has 0 saturated carbocycles. The Bertz CT molecular complexity index is 493. The summed E-state index contributed by atoms with van der Waals surface area (Å²) in [7, 11) is 0. The summed E-state index contributed by atoms with van der Waals surface area (Å²) in [6.07, 6.45) is -9.70. The Morgan fingerprint density at radius 1 is 1.04 bits per heavy atom. The van der Waals surface area contributed by atoms with Crippen LogP contribution in [0.5, 0.6) is 0 Å². The van der Waals surface area contributed by atoms with Crippen LogP contribution >= 0.6 is 0 Å². The number of ether oxygens (including phenoxy) is 5. The highest BCUT2D eigenvalue weighted by molar-refractivity contribution is 5.67. The van der Waals surface area contributed by atoms with Gasteiger partial charge in [-0.1, -0.05) is 0 Å². The second-order valence-corrected chi connectivity index (χ2v) is 5.29. The normalized spacial score (nSPS) is 26.6. The van der Waals surface area contributed by atoms with Gasteiger partial charge in [-0.05, 0) is 0 Å². The smallest absolute Gasteiger partial charge is 0.411 e. The lowest BCUT2D eigenvalue weighted by Crippen LogP contribution is -2.54. The van der Waals surface area contributed by atoms with Crippen LogP contribution in [0.15, 0.2) is 0 Å². The van der Waals surface area contributed by atoms with E-state index in [1.54, 1.807) is 0 Å². The Balaban J connectivity index is 2.91. The van der Waals surface area contributed by atoms with Crippen LogP contribution in [-0.2, 0) is 38.1 Å². The zero-order valence-electron chi connectivity index (χ0n) is 13.8. The number of hydrogen-bond donors (Lipinski definition) is 0. The van der Waals surface area contributed by atoms with Gasteiger partial charge < -0.3 is 23.7 Å². The molecule has 0 bridgehead atoms. The van der Waals surface area contributed by atoms with Gasteiger partial charge in [0, 0.05) is 27.2 Å². The van der Waals surface area contributed by atoms with Gasteiger partial charge in [0.2, 0.25) is 0 Å². The summed E-state index contributed by atoms with van der Waals surface area (Å²) >= 11 is 0. The molecule has 0 unspecified atom stereocenters.